The van der Waals surface area contributed by atoms with Crippen LogP contribution in [0.25, 0.3) is 20.9 Å². The average Bonchev–Trinajstić information content (AvgIpc) is 3.11. The zero-order chi connectivity index (χ0) is 30.5. The molecule has 6 aromatic rings. The first kappa shape index (κ1) is 36.2. The summed E-state index contributed by atoms with van der Waals surface area (Å²) < 4.78 is 0. The van der Waals surface area contributed by atoms with Gasteiger partial charge in [-0.15, -0.1) is 0 Å². The molecule has 0 aliphatic heterocycles. The van der Waals surface area contributed by atoms with Gasteiger partial charge in [0.05, 0.1) is 16.3 Å². The van der Waals surface area contributed by atoms with Crippen molar-refractivity contribution in [2.24, 2.45) is 9.77 Å². The molecule has 12 nitrogen and oxygen atoms in total. The van der Waals surface area contributed by atoms with Gasteiger partial charge in [-0.05, 0) is 36.4 Å². The molecule has 0 spiro atoms. The van der Waals surface area contributed by atoms with Crippen LogP contribution in [-0.2, 0) is 40.8 Å². The molecule has 6 heterocycles. The Labute approximate surface area is 293 Å². The van der Waals surface area contributed by atoms with Crippen LogP contribution in [0.4, 0.5) is 0 Å². The summed E-state index contributed by atoms with van der Waals surface area (Å²) in [6.45, 7) is -4.40. The van der Waals surface area contributed by atoms with Crippen molar-refractivity contribution in [3.63, 3.8) is 0 Å². The van der Waals surface area contributed by atoms with E-state index in [1.54, 1.807) is 73.2 Å². The predicted octanol–water partition coefficient (Wildman–Crippen LogP) is 4.78. The molecule has 6 rings (SSSR count). The number of nitrogens with zero attached hydrogens (tertiary/aromatic N) is 12. The fourth-order valence-electron chi connectivity index (χ4n) is 4.42. The van der Waals surface area contributed by atoms with Crippen LogP contribution < -0.4 is 32.6 Å². The third-order valence-electron chi connectivity index (χ3n) is 6.31. The Hall–Kier alpha value is -4.30. The Balaban J connectivity index is 0.000000248. The second kappa shape index (κ2) is 17.4. The molecule has 0 aliphatic rings. The van der Waals surface area contributed by atoms with Gasteiger partial charge in [-0.2, -0.15) is 0 Å². The summed E-state index contributed by atoms with van der Waals surface area (Å²) >= 11 is 0. The molecule has 6 aromatic heterocycles. The van der Waals surface area contributed by atoms with Gasteiger partial charge >= 0.3 is 142 Å². The number of hydrogen-bond donors (Lipinski definition) is 0. The number of pyridine rings is 6. The Kier molecular flexibility index (Phi) is 13.7. The van der Waals surface area contributed by atoms with Crippen LogP contribution in [0.5, 0.6) is 0 Å². The largest absolute Gasteiger partial charge is 0.256 e. The van der Waals surface area contributed by atoms with E-state index in [9.17, 15) is 11.1 Å². The van der Waals surface area contributed by atoms with E-state index < -0.39 is 14.8 Å². The topological polar surface area (TPSA) is 175 Å². The first-order valence-electron chi connectivity index (χ1n) is 13.2. The second-order valence-electron chi connectivity index (χ2n) is 8.85. The minimum Gasteiger partial charge on any atom is -0.256 e. The molecule has 0 radical (unpaired) electrons. The molecule has 0 atom stereocenters. The van der Waals surface area contributed by atoms with Crippen LogP contribution in [0, 0.1) is 0 Å². The zero-order valence-electron chi connectivity index (χ0n) is 23.7. The minimum atomic E-state index is -4.40. The van der Waals surface area contributed by atoms with Gasteiger partial charge in [-0.1, -0.05) is 18.2 Å². The van der Waals surface area contributed by atoms with Gasteiger partial charge in [-0.25, -0.2) is 0 Å². The maximum atomic E-state index is 9.40. The number of azide groups is 1. The molecule has 0 amide bonds. The van der Waals surface area contributed by atoms with E-state index in [0.29, 0.717) is 16.3 Å². The molecule has 0 saturated heterocycles. The summed E-state index contributed by atoms with van der Waals surface area (Å²) in [5, 5.41) is 0. The van der Waals surface area contributed by atoms with Crippen molar-refractivity contribution in [1.29, 1.82) is 0 Å². The second-order valence-corrected chi connectivity index (χ2v) is 14.7. The van der Waals surface area contributed by atoms with Crippen molar-refractivity contribution < 1.29 is 40.8 Å². The number of rotatable bonds is 8. The maximum absolute atomic E-state index is 9.40. The molecule has 0 N–H and O–H groups in total. The summed E-state index contributed by atoms with van der Waals surface area (Å²) in [5.41, 5.74) is 22.8. The molecule has 16 heteroatoms. The first-order chi connectivity index (χ1) is 21.7. The van der Waals surface area contributed by atoms with Gasteiger partial charge in [0.15, 0.2) is 0 Å². The van der Waals surface area contributed by atoms with Gasteiger partial charge in [0, 0.05) is 67.4 Å². The van der Waals surface area contributed by atoms with Crippen LogP contribution in [0.1, 0.15) is 0 Å². The standard InChI is InChI=1S/C15H12N9P.C15H12N3P.2Pd/c16-21-23-25(24-22-17,13-7-1-4-10-18-13,14-8-2-5-11-19-14)15-9-3-6-12-20-15;1-4-10-16-13(7-1)19(14-8-2-5-11-17-14)15-9-3-6-12-18-15;;/h1-12H;1-12H;;. The minimum absolute atomic E-state index is 0. The van der Waals surface area contributed by atoms with E-state index in [1.807, 2.05) is 73.2 Å². The van der Waals surface area contributed by atoms with Gasteiger partial charge < -0.3 is 0 Å². The fraction of sp³-hybridized carbons (Fsp3) is 0. The number of aromatic nitrogens is 6. The Morgan fingerprint density at radius 3 is 0.935 bits per heavy atom. The van der Waals surface area contributed by atoms with E-state index in [4.69, 9.17) is 0 Å². The smallest absolute Gasteiger partial charge is 0.0753 e. The predicted molar refractivity (Wildman–Crippen MR) is 175 cm³/mol. The fourth-order valence-corrected chi connectivity index (χ4v) is 9.94. The molecule has 0 fully saturated rings. The summed E-state index contributed by atoms with van der Waals surface area (Å²) in [6.07, 6.45) is 10.1. The van der Waals surface area contributed by atoms with Gasteiger partial charge in [0.1, 0.15) is 0 Å². The van der Waals surface area contributed by atoms with Crippen molar-refractivity contribution >= 4 is 47.4 Å². The van der Waals surface area contributed by atoms with Gasteiger partial charge in [0.25, 0.3) is 0 Å². The van der Waals surface area contributed by atoms with Crippen molar-refractivity contribution in [2.75, 3.05) is 0 Å². The molecule has 0 aromatic carbocycles. The zero-order valence-corrected chi connectivity index (χ0v) is 28.6. The molecule has 0 unspecified atom stereocenters. The Bertz CT molecular complexity index is 1670. The number of hydrogen-bond acceptors (Lipinski definition) is 8. The quantitative estimate of drug-likeness (QED) is 0.0702. The molecule has 0 bridgehead atoms. The van der Waals surface area contributed by atoms with E-state index >= 15 is 0 Å². The first-order valence-corrected chi connectivity index (χ1v) is 16.6. The summed E-state index contributed by atoms with van der Waals surface area (Å²) in [7, 11) is -0.779. The van der Waals surface area contributed by atoms with Crippen molar-refractivity contribution in [2.45, 2.75) is 0 Å². The van der Waals surface area contributed by atoms with Gasteiger partial charge in [-0.3, -0.25) is 15.0 Å². The third kappa shape index (κ3) is 7.39. The van der Waals surface area contributed by atoms with Crippen LogP contribution >= 0.6 is 14.8 Å². The van der Waals surface area contributed by atoms with Crippen LogP contribution in [0.3, 0.4) is 0 Å². The summed E-state index contributed by atoms with van der Waals surface area (Å²) in [6, 6.07) is 33.2. The van der Waals surface area contributed by atoms with Crippen molar-refractivity contribution in [1.82, 2.24) is 29.9 Å². The van der Waals surface area contributed by atoms with Crippen molar-refractivity contribution in [3.8, 4) is 0 Å². The average molecular weight is 827 g/mol. The molecular formula is C30H24N12P2Pd2. The molecule has 234 valence electrons. The van der Waals surface area contributed by atoms with Crippen LogP contribution in [-0.4, -0.2) is 29.9 Å². The van der Waals surface area contributed by atoms with Gasteiger partial charge in [0.2, 0.25) is 0 Å². The Morgan fingerprint density at radius 1 is 0.435 bits per heavy atom. The van der Waals surface area contributed by atoms with E-state index in [-0.39, 0.29) is 40.8 Å². The van der Waals surface area contributed by atoms with E-state index in [1.165, 1.54) is 0 Å². The maximum Gasteiger partial charge on any atom is 0.0753 e. The normalized spacial score (nSPS) is 10.9. The molecular weight excluding hydrogens is 803 g/mol. The SMILES string of the molecule is [N-]=[N+]=NP(N=[N+]=[N-])(c1ccccn1)(c1ccccn1)c1ccccn1.[Pd].[Pd].c1ccc(P(c2ccccn2)c2ccccn2)nc1. The van der Waals surface area contributed by atoms with Crippen LogP contribution in [0.15, 0.2) is 156 Å². The molecule has 46 heavy (non-hydrogen) atoms. The van der Waals surface area contributed by atoms with E-state index in [0.717, 1.165) is 16.3 Å². The van der Waals surface area contributed by atoms with Crippen molar-refractivity contribution in [3.05, 3.63) is 167 Å². The third-order valence-corrected chi connectivity index (χ3v) is 12.7. The summed E-state index contributed by atoms with van der Waals surface area (Å²) in [4.78, 5) is 40.8. The molecule has 0 aliphatic carbocycles. The molecule has 0 saturated carbocycles. The van der Waals surface area contributed by atoms with E-state index in [2.05, 4.69) is 49.5 Å². The summed E-state index contributed by atoms with van der Waals surface area (Å²) in [5.74, 6) is 0. The Morgan fingerprint density at radius 2 is 0.717 bits per heavy atom. The monoisotopic (exact) mass is 826 g/mol. The van der Waals surface area contributed by atoms with Crippen LogP contribution in [0.2, 0.25) is 0 Å².